The standard InChI is InChI=1S/C29H35N5O4/c1-4-22(35)11-6-5-7-13-25(32-27(36)15-14-20-17-31-34(2)19-20)29-30-18-26(38-29)23-16-21-10-8-9-12-24(21)33-28(23)37-3/h8-10,12,16-19,25H,4-7,11,13-15H2,1-3H3,(H,32,36)/t25-/m0/s1. The number of amides is 1. The van der Waals surface area contributed by atoms with Crippen LogP contribution in [0, 0.1) is 0 Å². The van der Waals surface area contributed by atoms with Gasteiger partial charge in [-0.15, -0.1) is 0 Å². The summed E-state index contributed by atoms with van der Waals surface area (Å²) in [7, 11) is 3.43. The maximum atomic E-state index is 12.9. The lowest BCUT2D eigenvalue weighted by Crippen LogP contribution is -2.29. The van der Waals surface area contributed by atoms with Gasteiger partial charge < -0.3 is 14.5 Å². The van der Waals surface area contributed by atoms with Gasteiger partial charge in [0, 0.05) is 37.9 Å². The van der Waals surface area contributed by atoms with Crippen LogP contribution in [0.25, 0.3) is 22.2 Å². The second kappa shape index (κ2) is 13.0. The Morgan fingerprint density at radius 3 is 2.74 bits per heavy atom. The maximum absolute atomic E-state index is 12.9. The average Bonchev–Trinajstić information content (AvgIpc) is 3.59. The van der Waals surface area contributed by atoms with Crippen LogP contribution >= 0.6 is 0 Å². The third-order valence-corrected chi connectivity index (χ3v) is 6.55. The van der Waals surface area contributed by atoms with Gasteiger partial charge in [0.15, 0.2) is 5.76 Å². The molecule has 0 fully saturated rings. The maximum Gasteiger partial charge on any atom is 0.224 e. The quantitative estimate of drug-likeness (QED) is 0.224. The number of carbonyl (C=O) groups is 2. The first kappa shape index (κ1) is 27.0. The number of para-hydroxylation sites is 1. The van der Waals surface area contributed by atoms with E-state index in [1.54, 1.807) is 24.2 Å². The van der Waals surface area contributed by atoms with Gasteiger partial charge in [-0.05, 0) is 37.0 Å². The molecule has 1 atom stereocenters. The van der Waals surface area contributed by atoms with Crippen LogP contribution in [-0.4, -0.2) is 38.5 Å². The molecule has 0 saturated carbocycles. The molecule has 0 aliphatic rings. The molecule has 3 aromatic heterocycles. The number of fused-ring (bicyclic) bond motifs is 1. The number of hydrogen-bond donors (Lipinski definition) is 1. The molecule has 0 aliphatic heterocycles. The summed E-state index contributed by atoms with van der Waals surface area (Å²) >= 11 is 0. The van der Waals surface area contributed by atoms with Gasteiger partial charge in [-0.2, -0.15) is 5.10 Å². The van der Waals surface area contributed by atoms with Gasteiger partial charge in [-0.3, -0.25) is 14.3 Å². The molecule has 38 heavy (non-hydrogen) atoms. The summed E-state index contributed by atoms with van der Waals surface area (Å²) in [5, 5.41) is 8.23. The van der Waals surface area contributed by atoms with Crippen molar-refractivity contribution in [1.82, 2.24) is 25.1 Å². The summed E-state index contributed by atoms with van der Waals surface area (Å²) in [5.41, 5.74) is 2.53. The minimum atomic E-state index is -0.383. The Labute approximate surface area is 222 Å². The normalized spacial score (nSPS) is 12.0. The number of unbranched alkanes of at least 4 members (excludes halogenated alkanes) is 2. The fourth-order valence-corrected chi connectivity index (χ4v) is 4.41. The Morgan fingerprint density at radius 1 is 1.13 bits per heavy atom. The lowest BCUT2D eigenvalue weighted by atomic mass is 10.0. The van der Waals surface area contributed by atoms with Crippen molar-refractivity contribution in [2.24, 2.45) is 7.05 Å². The van der Waals surface area contributed by atoms with E-state index < -0.39 is 0 Å². The number of oxazole rings is 1. The highest BCUT2D eigenvalue weighted by Crippen LogP contribution is 2.33. The Morgan fingerprint density at radius 2 is 1.97 bits per heavy atom. The van der Waals surface area contributed by atoms with Crippen molar-refractivity contribution in [2.75, 3.05) is 7.11 Å². The van der Waals surface area contributed by atoms with E-state index in [-0.39, 0.29) is 17.7 Å². The zero-order valence-corrected chi connectivity index (χ0v) is 22.3. The number of ketones is 1. The first-order valence-corrected chi connectivity index (χ1v) is 13.1. The van der Waals surface area contributed by atoms with Gasteiger partial charge >= 0.3 is 0 Å². The number of Topliss-reactive ketones (excluding diaryl/α,β-unsaturated/α-hetero) is 1. The highest BCUT2D eigenvalue weighted by atomic mass is 16.5. The minimum absolute atomic E-state index is 0.0790. The number of pyridine rings is 1. The van der Waals surface area contributed by atoms with Crippen LogP contribution in [-0.2, 0) is 23.1 Å². The topological polar surface area (TPSA) is 112 Å². The number of methoxy groups -OCH3 is 1. The molecular weight excluding hydrogens is 482 g/mol. The fourth-order valence-electron chi connectivity index (χ4n) is 4.41. The Kier molecular flexibility index (Phi) is 9.24. The molecule has 4 aromatic rings. The summed E-state index contributed by atoms with van der Waals surface area (Å²) in [5.74, 6) is 1.61. The third kappa shape index (κ3) is 7.06. The number of aromatic nitrogens is 4. The molecule has 9 nitrogen and oxygen atoms in total. The summed E-state index contributed by atoms with van der Waals surface area (Å²) in [4.78, 5) is 33.6. The molecule has 0 aliphatic carbocycles. The predicted octanol–water partition coefficient (Wildman–Crippen LogP) is 5.35. The molecular formula is C29H35N5O4. The van der Waals surface area contributed by atoms with Crippen LogP contribution in [0.5, 0.6) is 5.88 Å². The van der Waals surface area contributed by atoms with Crippen molar-refractivity contribution in [2.45, 2.75) is 64.3 Å². The van der Waals surface area contributed by atoms with E-state index >= 15 is 0 Å². The number of hydrogen-bond acceptors (Lipinski definition) is 7. The number of benzene rings is 1. The molecule has 0 radical (unpaired) electrons. The smallest absolute Gasteiger partial charge is 0.224 e. The van der Waals surface area contributed by atoms with Gasteiger partial charge in [0.1, 0.15) is 11.8 Å². The van der Waals surface area contributed by atoms with Crippen LogP contribution in [0.2, 0.25) is 0 Å². The highest BCUT2D eigenvalue weighted by Gasteiger charge is 2.22. The fraction of sp³-hybridized carbons (Fsp3) is 0.414. The molecule has 1 aromatic carbocycles. The van der Waals surface area contributed by atoms with Gasteiger partial charge in [-0.25, -0.2) is 9.97 Å². The monoisotopic (exact) mass is 517 g/mol. The van der Waals surface area contributed by atoms with Gasteiger partial charge in [-0.1, -0.05) is 38.0 Å². The van der Waals surface area contributed by atoms with E-state index in [4.69, 9.17) is 9.15 Å². The molecule has 0 bridgehead atoms. The van der Waals surface area contributed by atoms with Crippen LogP contribution < -0.4 is 10.1 Å². The summed E-state index contributed by atoms with van der Waals surface area (Å²) in [6, 6.07) is 9.39. The molecule has 0 spiro atoms. The van der Waals surface area contributed by atoms with Crippen molar-refractivity contribution < 1.29 is 18.7 Å². The summed E-state index contributed by atoms with van der Waals surface area (Å²) in [6.45, 7) is 1.89. The number of aryl methyl sites for hydroxylation is 2. The third-order valence-electron chi connectivity index (χ3n) is 6.55. The van der Waals surface area contributed by atoms with E-state index in [0.717, 1.165) is 35.7 Å². The molecule has 1 amide bonds. The number of nitrogens with one attached hydrogen (secondary N) is 1. The zero-order chi connectivity index (χ0) is 26.9. The van der Waals surface area contributed by atoms with E-state index in [1.807, 2.05) is 50.5 Å². The number of ether oxygens (including phenoxy) is 1. The second-order valence-electron chi connectivity index (χ2n) is 9.43. The molecule has 9 heteroatoms. The minimum Gasteiger partial charge on any atom is -0.480 e. The molecule has 200 valence electrons. The van der Waals surface area contributed by atoms with Crippen LogP contribution in [0.4, 0.5) is 0 Å². The number of rotatable bonds is 14. The lowest BCUT2D eigenvalue weighted by molar-refractivity contribution is -0.122. The van der Waals surface area contributed by atoms with Crippen LogP contribution in [0.15, 0.2) is 53.3 Å². The van der Waals surface area contributed by atoms with Crippen molar-refractivity contribution in [3.05, 3.63) is 60.4 Å². The predicted molar refractivity (Wildman–Crippen MR) is 145 cm³/mol. The first-order chi connectivity index (χ1) is 18.5. The highest BCUT2D eigenvalue weighted by molar-refractivity contribution is 5.85. The number of carbonyl (C=O) groups excluding carboxylic acids is 2. The Balaban J connectivity index is 1.49. The largest absolute Gasteiger partial charge is 0.480 e. The SMILES string of the molecule is CCC(=O)CCCCC[C@H](NC(=O)CCc1cnn(C)c1)c1ncc(-c2cc3ccccc3nc2OC)o1. The van der Waals surface area contributed by atoms with Crippen LogP contribution in [0.3, 0.4) is 0 Å². The molecule has 0 unspecified atom stereocenters. The molecule has 4 rings (SSSR count). The first-order valence-electron chi connectivity index (χ1n) is 13.1. The average molecular weight is 518 g/mol. The summed E-state index contributed by atoms with van der Waals surface area (Å²) in [6.07, 6.45) is 10.7. The van der Waals surface area contributed by atoms with Crippen molar-refractivity contribution in [1.29, 1.82) is 0 Å². The lowest BCUT2D eigenvalue weighted by Gasteiger charge is -2.16. The number of nitrogens with zero attached hydrogens (tertiary/aromatic N) is 4. The van der Waals surface area contributed by atoms with E-state index in [0.29, 0.717) is 55.2 Å². The zero-order valence-electron chi connectivity index (χ0n) is 22.3. The second-order valence-corrected chi connectivity index (χ2v) is 9.43. The van der Waals surface area contributed by atoms with E-state index in [1.165, 1.54) is 0 Å². The van der Waals surface area contributed by atoms with E-state index in [9.17, 15) is 9.59 Å². The summed E-state index contributed by atoms with van der Waals surface area (Å²) < 4.78 is 13.5. The van der Waals surface area contributed by atoms with E-state index in [2.05, 4.69) is 20.4 Å². The molecule has 0 saturated heterocycles. The van der Waals surface area contributed by atoms with Crippen LogP contribution in [0.1, 0.15) is 69.4 Å². The van der Waals surface area contributed by atoms with Gasteiger partial charge in [0.25, 0.3) is 0 Å². The van der Waals surface area contributed by atoms with Crippen molar-refractivity contribution in [3.63, 3.8) is 0 Å². The molecule has 3 heterocycles. The Hall–Kier alpha value is -4.01. The Bertz CT molecular complexity index is 1380. The van der Waals surface area contributed by atoms with Gasteiger partial charge in [0.2, 0.25) is 17.7 Å². The van der Waals surface area contributed by atoms with Crippen molar-refractivity contribution in [3.8, 4) is 17.2 Å². The van der Waals surface area contributed by atoms with Gasteiger partial charge in [0.05, 0.1) is 30.6 Å². The van der Waals surface area contributed by atoms with Crippen molar-refractivity contribution >= 4 is 22.6 Å². The molecule has 1 N–H and O–H groups in total.